The Morgan fingerprint density at radius 2 is 1.53 bits per heavy atom. The van der Waals surface area contributed by atoms with Crippen molar-refractivity contribution in [1.82, 2.24) is 4.90 Å². The van der Waals surface area contributed by atoms with Gasteiger partial charge in [-0.1, -0.05) is 66.2 Å². The second-order valence-electron chi connectivity index (χ2n) is 7.81. The van der Waals surface area contributed by atoms with E-state index in [9.17, 15) is 9.59 Å². The van der Waals surface area contributed by atoms with Crippen molar-refractivity contribution in [2.75, 3.05) is 26.8 Å². The van der Waals surface area contributed by atoms with Crippen molar-refractivity contribution >= 4 is 23.7 Å². The fourth-order valence-corrected chi connectivity index (χ4v) is 4.57. The van der Waals surface area contributed by atoms with Crippen LogP contribution < -0.4 is 0 Å². The van der Waals surface area contributed by atoms with Crippen LogP contribution in [0.2, 0.25) is 5.02 Å². The van der Waals surface area contributed by atoms with Gasteiger partial charge in [-0.25, -0.2) is 9.59 Å². The zero-order valence-electron chi connectivity index (χ0n) is 18.0. The van der Waals surface area contributed by atoms with Crippen LogP contribution in [0.25, 0.3) is 11.1 Å². The third kappa shape index (κ3) is 3.96. The van der Waals surface area contributed by atoms with Crippen molar-refractivity contribution in [3.63, 3.8) is 0 Å². The summed E-state index contributed by atoms with van der Waals surface area (Å²) in [5.74, 6) is -0.465. The molecule has 5 nitrogen and oxygen atoms in total. The van der Waals surface area contributed by atoms with Crippen molar-refractivity contribution in [3.05, 3.63) is 94.5 Å². The number of fused-ring (bicyclic) bond motifs is 3. The molecule has 1 aliphatic rings. The van der Waals surface area contributed by atoms with Gasteiger partial charge >= 0.3 is 12.1 Å². The highest BCUT2D eigenvalue weighted by molar-refractivity contribution is 6.30. The van der Waals surface area contributed by atoms with Crippen molar-refractivity contribution in [2.45, 2.75) is 12.3 Å². The number of carbonyl (C=O) groups excluding carboxylic acids is 2. The van der Waals surface area contributed by atoms with Crippen molar-refractivity contribution < 1.29 is 19.1 Å². The highest BCUT2D eigenvalue weighted by Crippen LogP contribution is 2.49. The highest BCUT2D eigenvalue weighted by Gasteiger charge is 2.45. The number of halogens is 1. The predicted octanol–water partition coefficient (Wildman–Crippen LogP) is 5.55. The minimum Gasteiger partial charge on any atom is -0.461 e. The van der Waals surface area contributed by atoms with E-state index in [4.69, 9.17) is 21.1 Å². The van der Waals surface area contributed by atoms with Gasteiger partial charge in [0.1, 0.15) is 6.61 Å². The molecule has 4 rings (SSSR count). The van der Waals surface area contributed by atoms with E-state index in [0.717, 1.165) is 22.3 Å². The van der Waals surface area contributed by atoms with E-state index in [0.29, 0.717) is 17.1 Å². The molecule has 164 valence electrons. The first-order valence-electron chi connectivity index (χ1n) is 10.5. The summed E-state index contributed by atoms with van der Waals surface area (Å²) < 4.78 is 11.1. The average molecular weight is 450 g/mol. The van der Waals surface area contributed by atoms with E-state index in [2.05, 4.69) is 12.1 Å². The molecule has 32 heavy (non-hydrogen) atoms. The van der Waals surface area contributed by atoms with E-state index in [1.165, 1.54) is 4.90 Å². The molecule has 0 saturated heterocycles. The zero-order valence-corrected chi connectivity index (χ0v) is 18.8. The molecule has 6 heteroatoms. The molecule has 1 amide bonds. The Balaban J connectivity index is 1.74. The maximum Gasteiger partial charge on any atom is 0.409 e. The Bertz CT molecular complexity index is 1110. The molecule has 0 heterocycles. The molecule has 0 fully saturated rings. The van der Waals surface area contributed by atoms with Crippen molar-refractivity contribution in [1.29, 1.82) is 0 Å². The Morgan fingerprint density at radius 1 is 0.906 bits per heavy atom. The monoisotopic (exact) mass is 449 g/mol. The molecule has 0 unspecified atom stereocenters. The number of esters is 1. The van der Waals surface area contributed by atoms with Crippen LogP contribution in [0.5, 0.6) is 0 Å². The molecular weight excluding hydrogens is 426 g/mol. The van der Waals surface area contributed by atoms with Gasteiger partial charge in [0, 0.05) is 18.6 Å². The van der Waals surface area contributed by atoms with E-state index < -0.39 is 17.5 Å². The van der Waals surface area contributed by atoms with Gasteiger partial charge in [-0.3, -0.25) is 0 Å². The van der Waals surface area contributed by atoms with E-state index in [1.54, 1.807) is 38.2 Å². The number of ether oxygens (including phenoxy) is 2. The first-order chi connectivity index (χ1) is 15.5. The Labute approximate surface area is 192 Å². The Kier molecular flexibility index (Phi) is 6.19. The summed E-state index contributed by atoms with van der Waals surface area (Å²) in [5, 5.41) is 0.466. The summed E-state index contributed by atoms with van der Waals surface area (Å²) >= 11 is 6.05. The van der Waals surface area contributed by atoms with Gasteiger partial charge < -0.3 is 14.4 Å². The number of benzene rings is 3. The fraction of sp³-hybridized carbons (Fsp3) is 0.231. The summed E-state index contributed by atoms with van der Waals surface area (Å²) in [6, 6.07) is 22.7. The lowest BCUT2D eigenvalue weighted by Crippen LogP contribution is -2.45. The molecule has 0 bridgehead atoms. The van der Waals surface area contributed by atoms with Crippen LogP contribution in [0.4, 0.5) is 4.79 Å². The number of carbonyl (C=O) groups is 2. The van der Waals surface area contributed by atoms with E-state index >= 15 is 0 Å². The second-order valence-corrected chi connectivity index (χ2v) is 8.25. The lowest BCUT2D eigenvalue weighted by atomic mass is 9.78. The number of likely N-dealkylation sites (N-methyl/N-ethyl adjacent to an activating group) is 1. The van der Waals surface area contributed by atoms with Gasteiger partial charge in [0.25, 0.3) is 0 Å². The van der Waals surface area contributed by atoms with Crippen LogP contribution >= 0.6 is 11.6 Å². The number of hydrogen-bond donors (Lipinski definition) is 0. The number of amides is 1. The summed E-state index contributed by atoms with van der Waals surface area (Å²) in [7, 11) is 1.70. The predicted molar refractivity (Wildman–Crippen MR) is 124 cm³/mol. The maximum atomic E-state index is 12.9. The Hall–Kier alpha value is -3.31. The van der Waals surface area contributed by atoms with Gasteiger partial charge in [-0.2, -0.15) is 0 Å². The van der Waals surface area contributed by atoms with Crippen LogP contribution in [-0.2, 0) is 14.9 Å². The molecule has 3 aromatic carbocycles. The fourth-order valence-electron chi connectivity index (χ4n) is 4.38. The number of rotatable bonds is 6. The normalized spacial score (nSPS) is 13.1. The molecule has 0 atom stereocenters. The first-order valence-corrected chi connectivity index (χ1v) is 10.8. The molecule has 0 aliphatic heterocycles. The topological polar surface area (TPSA) is 55.8 Å². The summed E-state index contributed by atoms with van der Waals surface area (Å²) in [6.07, 6.45) is -0.421. The van der Waals surface area contributed by atoms with Gasteiger partial charge in [0.15, 0.2) is 0 Å². The summed E-state index contributed by atoms with van der Waals surface area (Å²) in [4.78, 5) is 26.9. The second kappa shape index (κ2) is 9.05. The number of nitrogens with zero attached hydrogens (tertiary/aromatic N) is 1. The van der Waals surface area contributed by atoms with Gasteiger partial charge in [0.05, 0.1) is 17.6 Å². The van der Waals surface area contributed by atoms with Crippen LogP contribution in [0.3, 0.4) is 0 Å². The third-order valence-corrected chi connectivity index (χ3v) is 6.01. The van der Waals surface area contributed by atoms with E-state index in [1.807, 2.05) is 36.4 Å². The molecule has 3 aromatic rings. The van der Waals surface area contributed by atoms with Crippen LogP contribution in [-0.4, -0.2) is 43.8 Å². The minimum absolute atomic E-state index is 0.0656. The molecule has 0 N–H and O–H groups in total. The molecule has 1 aliphatic carbocycles. The number of hydrogen-bond acceptors (Lipinski definition) is 4. The van der Waals surface area contributed by atoms with Crippen LogP contribution in [0.1, 0.15) is 28.4 Å². The van der Waals surface area contributed by atoms with Crippen molar-refractivity contribution in [3.8, 4) is 11.1 Å². The largest absolute Gasteiger partial charge is 0.461 e. The highest BCUT2D eigenvalue weighted by atomic mass is 35.5. The lowest BCUT2D eigenvalue weighted by molar-refractivity contribution is 0.0401. The average Bonchev–Trinajstić information content (AvgIpc) is 3.08. The quantitative estimate of drug-likeness (QED) is 0.463. The first kappa shape index (κ1) is 21.9. The van der Waals surface area contributed by atoms with Gasteiger partial charge in [0.2, 0.25) is 0 Å². The molecule has 0 spiro atoms. The third-order valence-electron chi connectivity index (χ3n) is 5.77. The molecule has 0 saturated carbocycles. The SMILES string of the molecule is CCOC(=O)N(C)CC1(COC(=O)c2cccc(Cl)c2)c2ccccc2-c2ccccc21. The smallest absolute Gasteiger partial charge is 0.409 e. The Morgan fingerprint density at radius 3 is 2.12 bits per heavy atom. The maximum absolute atomic E-state index is 12.9. The minimum atomic E-state index is -0.733. The lowest BCUT2D eigenvalue weighted by Gasteiger charge is -2.35. The van der Waals surface area contributed by atoms with Gasteiger partial charge in [-0.05, 0) is 47.4 Å². The zero-order chi connectivity index (χ0) is 22.7. The molecular formula is C26H24ClNO4. The standard InChI is InChI=1S/C26H24ClNO4/c1-3-31-25(30)28(2)16-26(17-32-24(29)18-9-8-10-19(27)15-18)22-13-6-4-11-20(22)21-12-5-7-14-23(21)26/h4-15H,3,16-17H2,1-2H3. The van der Waals surface area contributed by atoms with Gasteiger partial charge in [-0.15, -0.1) is 0 Å². The summed E-state index contributed by atoms with van der Waals surface area (Å²) in [6.45, 7) is 2.42. The summed E-state index contributed by atoms with van der Waals surface area (Å²) in [5.41, 5.74) is 3.81. The van der Waals surface area contributed by atoms with Crippen LogP contribution in [0.15, 0.2) is 72.8 Å². The molecule has 0 aromatic heterocycles. The van der Waals surface area contributed by atoms with E-state index in [-0.39, 0.29) is 13.2 Å². The van der Waals surface area contributed by atoms with Crippen LogP contribution in [0, 0.1) is 0 Å². The molecule has 0 radical (unpaired) electrons. The van der Waals surface area contributed by atoms with Crippen molar-refractivity contribution in [2.24, 2.45) is 0 Å².